The molecule has 0 saturated carbocycles. The van der Waals surface area contributed by atoms with Crippen LogP contribution in [0.15, 0.2) is 12.2 Å². The molecule has 12 heavy (non-hydrogen) atoms. The van der Waals surface area contributed by atoms with Gasteiger partial charge < -0.3 is 5.73 Å². The zero-order chi connectivity index (χ0) is 8.81. The highest BCUT2D eigenvalue weighted by Gasteiger charge is 2.13. The van der Waals surface area contributed by atoms with Crippen LogP contribution in [0.4, 0.5) is 0 Å². The largest absolute Gasteiger partial charge is 0.327 e. The molecule has 0 radical (unpaired) electrons. The molecule has 2 heteroatoms. The second kappa shape index (κ2) is 5.33. The first-order chi connectivity index (χ1) is 5.83. The minimum atomic E-state index is 0.671. The van der Waals surface area contributed by atoms with E-state index >= 15 is 0 Å². The van der Waals surface area contributed by atoms with Gasteiger partial charge in [-0.2, -0.15) is 0 Å². The summed E-state index contributed by atoms with van der Waals surface area (Å²) in [5.74, 6) is 0.930. The van der Waals surface area contributed by atoms with Crippen molar-refractivity contribution < 1.29 is 0 Å². The molecule has 0 amide bonds. The second-order valence-corrected chi connectivity index (χ2v) is 3.69. The van der Waals surface area contributed by atoms with Crippen LogP contribution in [0.25, 0.3) is 0 Å². The third-order valence-corrected chi connectivity index (χ3v) is 2.54. The van der Waals surface area contributed by atoms with Gasteiger partial charge in [-0.3, -0.25) is 4.90 Å². The fourth-order valence-corrected chi connectivity index (χ4v) is 1.56. The van der Waals surface area contributed by atoms with Crippen molar-refractivity contribution in [2.45, 2.75) is 19.8 Å². The Hall–Kier alpha value is -0.340. The highest BCUT2D eigenvalue weighted by molar-refractivity contribution is 4.86. The highest BCUT2D eigenvalue weighted by Crippen LogP contribution is 2.15. The van der Waals surface area contributed by atoms with E-state index in [-0.39, 0.29) is 0 Å². The van der Waals surface area contributed by atoms with Crippen LogP contribution in [0.3, 0.4) is 0 Å². The summed E-state index contributed by atoms with van der Waals surface area (Å²) >= 11 is 0. The molecule has 0 aliphatic carbocycles. The summed E-state index contributed by atoms with van der Waals surface area (Å²) in [5.41, 5.74) is 5.36. The summed E-state index contributed by atoms with van der Waals surface area (Å²) in [6.07, 6.45) is 6.93. The van der Waals surface area contributed by atoms with Crippen molar-refractivity contribution in [2.75, 3.05) is 26.2 Å². The molecule has 1 fully saturated rings. The van der Waals surface area contributed by atoms with E-state index in [1.54, 1.807) is 0 Å². The average molecular weight is 168 g/mol. The zero-order valence-electron chi connectivity index (χ0n) is 8.00. The van der Waals surface area contributed by atoms with Gasteiger partial charge in [-0.25, -0.2) is 0 Å². The van der Waals surface area contributed by atoms with Crippen LogP contribution in [0.2, 0.25) is 0 Å². The summed E-state index contributed by atoms with van der Waals surface area (Å²) in [7, 11) is 0. The Morgan fingerprint density at radius 2 is 2.00 bits per heavy atom. The number of nitrogens with zero attached hydrogens (tertiary/aromatic N) is 1. The molecule has 70 valence electrons. The topological polar surface area (TPSA) is 29.3 Å². The fraction of sp³-hybridized carbons (Fsp3) is 0.800. The Labute approximate surface area is 75.4 Å². The van der Waals surface area contributed by atoms with E-state index in [2.05, 4.69) is 17.9 Å². The van der Waals surface area contributed by atoms with Gasteiger partial charge in [0.15, 0.2) is 0 Å². The molecule has 0 unspecified atom stereocenters. The van der Waals surface area contributed by atoms with Gasteiger partial charge in [0.25, 0.3) is 0 Å². The Morgan fingerprint density at radius 3 is 2.58 bits per heavy atom. The molecule has 0 spiro atoms. The lowest BCUT2D eigenvalue weighted by molar-refractivity contribution is 0.210. The highest BCUT2D eigenvalue weighted by atomic mass is 15.1. The maximum atomic E-state index is 5.36. The fourth-order valence-electron chi connectivity index (χ4n) is 1.56. The van der Waals surface area contributed by atoms with Gasteiger partial charge in [0.05, 0.1) is 0 Å². The van der Waals surface area contributed by atoms with Crippen molar-refractivity contribution in [3.05, 3.63) is 12.2 Å². The van der Waals surface area contributed by atoms with E-state index in [1.807, 2.05) is 6.08 Å². The lowest BCUT2D eigenvalue weighted by atomic mass is 9.99. The van der Waals surface area contributed by atoms with Crippen LogP contribution < -0.4 is 5.73 Å². The van der Waals surface area contributed by atoms with Crippen LogP contribution in [0.1, 0.15) is 19.8 Å². The summed E-state index contributed by atoms with van der Waals surface area (Å²) in [5, 5.41) is 0. The molecule has 1 rings (SSSR count). The van der Waals surface area contributed by atoms with Gasteiger partial charge in [0.1, 0.15) is 0 Å². The lowest BCUT2D eigenvalue weighted by Gasteiger charge is -2.29. The first kappa shape index (κ1) is 9.75. The molecule has 2 N–H and O–H groups in total. The predicted molar refractivity (Wildman–Crippen MR) is 53.0 cm³/mol. The third kappa shape index (κ3) is 3.37. The number of hydrogen-bond acceptors (Lipinski definition) is 2. The summed E-state index contributed by atoms with van der Waals surface area (Å²) in [6, 6.07) is 0. The Morgan fingerprint density at radius 1 is 1.33 bits per heavy atom. The first-order valence-corrected chi connectivity index (χ1v) is 4.90. The Kier molecular flexibility index (Phi) is 4.33. The SMILES string of the molecule is CC1CCN(C/C=C/CN)CC1. The molecule has 0 atom stereocenters. The molecule has 1 saturated heterocycles. The zero-order valence-corrected chi connectivity index (χ0v) is 8.00. The molecular weight excluding hydrogens is 148 g/mol. The minimum absolute atomic E-state index is 0.671. The van der Waals surface area contributed by atoms with Gasteiger partial charge in [-0.1, -0.05) is 19.1 Å². The maximum Gasteiger partial charge on any atom is 0.0163 e. The van der Waals surface area contributed by atoms with Crippen molar-refractivity contribution in [3.8, 4) is 0 Å². The molecule has 1 aliphatic rings. The van der Waals surface area contributed by atoms with E-state index in [4.69, 9.17) is 5.73 Å². The summed E-state index contributed by atoms with van der Waals surface area (Å²) in [6.45, 7) is 6.62. The molecular formula is C10H20N2. The van der Waals surface area contributed by atoms with E-state index in [9.17, 15) is 0 Å². The monoisotopic (exact) mass is 168 g/mol. The molecule has 2 nitrogen and oxygen atoms in total. The van der Waals surface area contributed by atoms with E-state index in [1.165, 1.54) is 25.9 Å². The summed E-state index contributed by atoms with van der Waals surface area (Å²) < 4.78 is 0. The number of rotatable bonds is 3. The number of hydrogen-bond donors (Lipinski definition) is 1. The standard InChI is InChI=1S/C10H20N2/c1-10-4-8-12(9-5-10)7-3-2-6-11/h2-3,10H,4-9,11H2,1H3/b3-2+. The predicted octanol–water partition coefficient (Wildman–Crippen LogP) is 1.23. The molecule has 0 aromatic rings. The van der Waals surface area contributed by atoms with Gasteiger partial charge in [0, 0.05) is 13.1 Å². The van der Waals surface area contributed by atoms with Crippen molar-refractivity contribution >= 4 is 0 Å². The third-order valence-electron chi connectivity index (χ3n) is 2.54. The van der Waals surface area contributed by atoms with Crippen LogP contribution in [-0.2, 0) is 0 Å². The van der Waals surface area contributed by atoms with Crippen molar-refractivity contribution in [2.24, 2.45) is 11.7 Å². The Bertz CT molecular complexity index is 135. The normalized spacial score (nSPS) is 22.2. The number of likely N-dealkylation sites (tertiary alicyclic amines) is 1. The van der Waals surface area contributed by atoms with Crippen molar-refractivity contribution in [1.29, 1.82) is 0 Å². The second-order valence-electron chi connectivity index (χ2n) is 3.69. The van der Waals surface area contributed by atoms with Gasteiger partial charge >= 0.3 is 0 Å². The maximum absolute atomic E-state index is 5.36. The van der Waals surface area contributed by atoms with Crippen LogP contribution in [0, 0.1) is 5.92 Å². The smallest absolute Gasteiger partial charge is 0.0163 e. The molecule has 1 aliphatic heterocycles. The molecule has 1 heterocycles. The Balaban J connectivity index is 2.13. The molecule has 0 bridgehead atoms. The van der Waals surface area contributed by atoms with Gasteiger partial charge in [0.2, 0.25) is 0 Å². The van der Waals surface area contributed by atoms with Crippen molar-refractivity contribution in [1.82, 2.24) is 4.90 Å². The van der Waals surface area contributed by atoms with Crippen LogP contribution in [0.5, 0.6) is 0 Å². The van der Waals surface area contributed by atoms with Crippen LogP contribution >= 0.6 is 0 Å². The van der Waals surface area contributed by atoms with E-state index < -0.39 is 0 Å². The summed E-state index contributed by atoms with van der Waals surface area (Å²) in [4.78, 5) is 2.49. The quantitative estimate of drug-likeness (QED) is 0.642. The minimum Gasteiger partial charge on any atom is -0.327 e. The molecule has 0 aromatic carbocycles. The van der Waals surface area contributed by atoms with E-state index in [0.717, 1.165) is 12.5 Å². The first-order valence-electron chi connectivity index (χ1n) is 4.90. The van der Waals surface area contributed by atoms with Crippen LogP contribution in [-0.4, -0.2) is 31.1 Å². The van der Waals surface area contributed by atoms with E-state index in [0.29, 0.717) is 6.54 Å². The lowest BCUT2D eigenvalue weighted by Crippen LogP contribution is -2.32. The van der Waals surface area contributed by atoms with Gasteiger partial charge in [-0.05, 0) is 31.8 Å². The van der Waals surface area contributed by atoms with Gasteiger partial charge in [-0.15, -0.1) is 0 Å². The number of nitrogens with two attached hydrogens (primary N) is 1. The van der Waals surface area contributed by atoms with Crippen molar-refractivity contribution in [3.63, 3.8) is 0 Å². The average Bonchev–Trinajstić information content (AvgIpc) is 2.09. The molecule has 0 aromatic heterocycles. The number of piperidine rings is 1.